The second-order valence-electron chi connectivity index (χ2n) is 6.75. The molecule has 0 aromatic rings. The first-order valence-corrected chi connectivity index (χ1v) is 8.02. The summed E-state index contributed by atoms with van der Waals surface area (Å²) >= 11 is 0. The van der Waals surface area contributed by atoms with Crippen molar-refractivity contribution in [2.45, 2.75) is 71.9 Å². The topological polar surface area (TPSA) is 44.8 Å². The molecule has 0 bridgehead atoms. The minimum absolute atomic E-state index is 0.107. The Hall–Kier alpha value is -0.870. The van der Waals surface area contributed by atoms with Crippen LogP contribution in [0.5, 0.6) is 0 Å². The van der Waals surface area contributed by atoms with Gasteiger partial charge in [-0.1, -0.05) is 13.0 Å². The zero-order chi connectivity index (χ0) is 15.6. The van der Waals surface area contributed by atoms with Crippen LogP contribution in [0.25, 0.3) is 0 Å². The number of rotatable bonds is 5. The monoisotopic (exact) mass is 296 g/mol. The average Bonchev–Trinajstić information content (AvgIpc) is 3.11. The average molecular weight is 296 g/mol. The van der Waals surface area contributed by atoms with Crippen LogP contribution in [-0.4, -0.2) is 30.6 Å². The van der Waals surface area contributed by atoms with Crippen molar-refractivity contribution in [3.63, 3.8) is 0 Å². The van der Waals surface area contributed by atoms with Crippen molar-refractivity contribution in [3.8, 4) is 0 Å². The van der Waals surface area contributed by atoms with Crippen molar-refractivity contribution in [2.24, 2.45) is 11.8 Å². The Balaban J connectivity index is 1.92. The maximum absolute atomic E-state index is 11.6. The Bertz CT molecular complexity index is 413. The van der Waals surface area contributed by atoms with Crippen LogP contribution in [0.2, 0.25) is 0 Å². The summed E-state index contributed by atoms with van der Waals surface area (Å²) in [7, 11) is 0. The Morgan fingerprint density at radius 2 is 2.00 bits per heavy atom. The summed E-state index contributed by atoms with van der Waals surface area (Å²) in [5.74, 6) is 0.657. The van der Waals surface area contributed by atoms with Crippen molar-refractivity contribution in [1.82, 2.24) is 0 Å². The van der Waals surface area contributed by atoms with Crippen LogP contribution in [0.4, 0.5) is 0 Å². The van der Waals surface area contributed by atoms with Gasteiger partial charge in [0.25, 0.3) is 0 Å². The summed E-state index contributed by atoms with van der Waals surface area (Å²) in [6, 6.07) is 0. The maximum atomic E-state index is 11.6. The van der Waals surface area contributed by atoms with E-state index in [2.05, 4.69) is 6.92 Å². The van der Waals surface area contributed by atoms with E-state index in [0.717, 1.165) is 18.8 Å². The summed E-state index contributed by atoms with van der Waals surface area (Å²) in [6.45, 7) is 10.2. The van der Waals surface area contributed by atoms with E-state index in [-0.39, 0.29) is 18.2 Å². The molecule has 120 valence electrons. The van der Waals surface area contributed by atoms with Gasteiger partial charge >= 0.3 is 5.97 Å². The van der Waals surface area contributed by atoms with Crippen LogP contribution in [0, 0.1) is 11.8 Å². The lowest BCUT2D eigenvalue weighted by Gasteiger charge is -2.41. The lowest BCUT2D eigenvalue weighted by molar-refractivity contribution is -0.302. The molecule has 1 saturated heterocycles. The van der Waals surface area contributed by atoms with Crippen LogP contribution in [-0.2, 0) is 19.0 Å². The van der Waals surface area contributed by atoms with Gasteiger partial charge in [-0.3, -0.25) is 0 Å². The second kappa shape index (κ2) is 6.49. The maximum Gasteiger partial charge on any atom is 0.333 e. The van der Waals surface area contributed by atoms with Gasteiger partial charge < -0.3 is 14.2 Å². The molecule has 1 saturated carbocycles. The van der Waals surface area contributed by atoms with Crippen LogP contribution in [0.15, 0.2) is 11.6 Å². The highest BCUT2D eigenvalue weighted by Gasteiger charge is 2.46. The highest BCUT2D eigenvalue weighted by atomic mass is 16.7. The van der Waals surface area contributed by atoms with Gasteiger partial charge in [0, 0.05) is 12.0 Å². The summed E-state index contributed by atoms with van der Waals surface area (Å²) in [5, 5.41) is 0. The van der Waals surface area contributed by atoms with Gasteiger partial charge in [-0.2, -0.15) is 0 Å². The molecule has 4 atom stereocenters. The van der Waals surface area contributed by atoms with E-state index in [9.17, 15) is 4.79 Å². The molecule has 0 amide bonds. The summed E-state index contributed by atoms with van der Waals surface area (Å²) in [4.78, 5) is 11.6. The fraction of sp³-hybridized carbons (Fsp3) is 0.824. The van der Waals surface area contributed by atoms with E-state index in [4.69, 9.17) is 14.2 Å². The van der Waals surface area contributed by atoms with Gasteiger partial charge in [0.15, 0.2) is 5.79 Å². The van der Waals surface area contributed by atoms with E-state index in [1.54, 1.807) is 6.92 Å². The molecule has 2 fully saturated rings. The quantitative estimate of drug-likeness (QED) is 0.576. The number of hydrogen-bond acceptors (Lipinski definition) is 4. The van der Waals surface area contributed by atoms with Gasteiger partial charge in [0.2, 0.25) is 0 Å². The molecule has 1 aliphatic carbocycles. The predicted molar refractivity (Wildman–Crippen MR) is 80.7 cm³/mol. The molecular weight excluding hydrogens is 268 g/mol. The molecular formula is C17H28O4. The third-order valence-corrected chi connectivity index (χ3v) is 4.31. The van der Waals surface area contributed by atoms with Gasteiger partial charge in [0.05, 0.1) is 18.8 Å². The molecule has 4 nitrogen and oxygen atoms in total. The molecule has 0 N–H and O–H groups in total. The highest BCUT2D eigenvalue weighted by molar-refractivity contribution is 5.87. The lowest BCUT2D eigenvalue weighted by atomic mass is 10.0. The molecule has 21 heavy (non-hydrogen) atoms. The third kappa shape index (κ3) is 4.55. The molecule has 1 aliphatic heterocycles. The van der Waals surface area contributed by atoms with E-state index in [1.807, 2.05) is 26.8 Å². The van der Waals surface area contributed by atoms with E-state index < -0.39 is 5.79 Å². The normalized spacial score (nSPS) is 35.4. The Morgan fingerprint density at radius 3 is 2.57 bits per heavy atom. The third-order valence-electron chi connectivity index (χ3n) is 4.31. The number of ether oxygens (including phenoxy) is 3. The second-order valence-corrected chi connectivity index (χ2v) is 6.75. The molecule has 2 aliphatic rings. The molecule has 0 radical (unpaired) electrons. The van der Waals surface area contributed by atoms with Gasteiger partial charge in [-0.15, -0.1) is 0 Å². The summed E-state index contributed by atoms with van der Waals surface area (Å²) in [6.07, 6.45) is 5.21. The van der Waals surface area contributed by atoms with Gasteiger partial charge in [-0.05, 0) is 52.4 Å². The van der Waals surface area contributed by atoms with E-state index in [0.29, 0.717) is 18.1 Å². The number of esters is 1. The largest absolute Gasteiger partial charge is 0.463 e. The van der Waals surface area contributed by atoms with Gasteiger partial charge in [-0.25, -0.2) is 4.79 Å². The first-order chi connectivity index (χ1) is 9.82. The zero-order valence-corrected chi connectivity index (χ0v) is 13.8. The number of carbonyl (C=O) groups is 1. The molecule has 0 aromatic heterocycles. The summed E-state index contributed by atoms with van der Waals surface area (Å²) in [5.41, 5.74) is 0.654. The van der Waals surface area contributed by atoms with E-state index in [1.165, 1.54) is 6.42 Å². The van der Waals surface area contributed by atoms with Crippen molar-refractivity contribution in [3.05, 3.63) is 11.6 Å². The Kier molecular flexibility index (Phi) is 5.10. The zero-order valence-electron chi connectivity index (χ0n) is 13.8. The van der Waals surface area contributed by atoms with Crippen LogP contribution in [0.1, 0.15) is 53.9 Å². The number of hydrogen-bond donors (Lipinski definition) is 0. The molecule has 0 aromatic carbocycles. The van der Waals surface area contributed by atoms with Gasteiger partial charge in [0.1, 0.15) is 0 Å². The molecule has 0 unspecified atom stereocenters. The lowest BCUT2D eigenvalue weighted by Crippen LogP contribution is -2.45. The first kappa shape index (κ1) is 16.5. The molecule has 0 spiro atoms. The van der Waals surface area contributed by atoms with E-state index >= 15 is 0 Å². The number of carbonyl (C=O) groups excluding carboxylic acids is 1. The minimum atomic E-state index is -0.540. The van der Waals surface area contributed by atoms with Crippen molar-refractivity contribution < 1.29 is 19.0 Å². The van der Waals surface area contributed by atoms with Crippen molar-refractivity contribution in [1.29, 1.82) is 0 Å². The van der Waals surface area contributed by atoms with Crippen molar-refractivity contribution >= 4 is 5.97 Å². The first-order valence-electron chi connectivity index (χ1n) is 8.02. The molecule has 1 heterocycles. The van der Waals surface area contributed by atoms with Crippen molar-refractivity contribution in [2.75, 3.05) is 6.61 Å². The Labute approximate surface area is 127 Å². The predicted octanol–water partition coefficient (Wildman–Crippen LogP) is 3.45. The SMILES string of the molecule is CCOC(=O)/C(C)=C/C[C@H]1C[C@@H]([C@H]2C[C@@H]2C)OC(C)(C)O1. The minimum Gasteiger partial charge on any atom is -0.463 e. The Morgan fingerprint density at radius 1 is 1.33 bits per heavy atom. The molecule has 2 rings (SSSR count). The van der Waals surface area contributed by atoms with Crippen LogP contribution in [0.3, 0.4) is 0 Å². The standard InChI is InChI=1S/C17H28O4/c1-6-19-16(18)11(2)7-8-13-10-15(14-9-12(14)3)21-17(4,5)20-13/h7,12-15H,6,8-10H2,1-5H3/b11-7+/t12-,13-,14-,15-/m0/s1. The highest BCUT2D eigenvalue weighted by Crippen LogP contribution is 2.46. The molecule has 4 heteroatoms. The summed E-state index contributed by atoms with van der Waals surface area (Å²) < 4.78 is 17.0. The van der Waals surface area contributed by atoms with Crippen LogP contribution < -0.4 is 0 Å². The smallest absolute Gasteiger partial charge is 0.333 e. The fourth-order valence-corrected chi connectivity index (χ4v) is 3.06. The van der Waals surface area contributed by atoms with Crippen LogP contribution >= 0.6 is 0 Å². The fourth-order valence-electron chi connectivity index (χ4n) is 3.06.